The minimum Gasteiger partial charge on any atom is -0.493 e. The van der Waals surface area contributed by atoms with Crippen molar-refractivity contribution in [2.24, 2.45) is 5.16 Å². The molecule has 9 heteroatoms. The first kappa shape index (κ1) is 18.1. The fraction of sp³-hybridized carbons (Fsp3) is 0.188. The number of methoxy groups -OCH3 is 1. The number of rotatable bonds is 8. The lowest BCUT2D eigenvalue weighted by molar-refractivity contribution is -0.384. The summed E-state index contributed by atoms with van der Waals surface area (Å²) in [5.74, 6) is 0.0371. The number of benzene rings is 2. The number of non-ortho nitro benzene ring substituents is 1. The molecular weight excluding hydrogens is 338 g/mol. The Balaban J connectivity index is 1.98. The van der Waals surface area contributed by atoms with Crippen molar-refractivity contribution in [2.45, 2.75) is 13.2 Å². The molecule has 0 atom stereocenters. The summed E-state index contributed by atoms with van der Waals surface area (Å²) in [7, 11) is 1.33. The molecule has 2 rings (SSSR count). The van der Waals surface area contributed by atoms with Gasteiger partial charge in [-0.25, -0.2) is 0 Å². The van der Waals surface area contributed by atoms with E-state index < -0.39 is 11.5 Å². The van der Waals surface area contributed by atoms with Gasteiger partial charge in [0.15, 0.2) is 11.5 Å². The number of nitro groups is 1. The van der Waals surface area contributed by atoms with Gasteiger partial charge in [0.25, 0.3) is 5.69 Å². The third-order valence-electron chi connectivity index (χ3n) is 3.03. The number of oxime groups is 1. The molecule has 0 spiro atoms. The maximum atomic E-state index is 12.3. The smallest absolute Gasteiger partial charge is 0.387 e. The molecule has 132 valence electrons. The van der Waals surface area contributed by atoms with Gasteiger partial charge in [0.05, 0.1) is 18.2 Å². The number of nitro benzene ring substituents is 1. The quantitative estimate of drug-likeness (QED) is 0.410. The van der Waals surface area contributed by atoms with Gasteiger partial charge in [-0.3, -0.25) is 10.1 Å². The van der Waals surface area contributed by atoms with Crippen LogP contribution >= 0.6 is 0 Å². The number of halogens is 2. The van der Waals surface area contributed by atoms with Crippen molar-refractivity contribution in [1.29, 1.82) is 0 Å². The number of hydrogen-bond donors (Lipinski definition) is 0. The molecule has 0 bridgehead atoms. The first-order chi connectivity index (χ1) is 12.0. The second kappa shape index (κ2) is 8.57. The molecule has 0 heterocycles. The summed E-state index contributed by atoms with van der Waals surface area (Å²) in [6.45, 7) is -2.91. The van der Waals surface area contributed by atoms with Crippen LogP contribution in [0.3, 0.4) is 0 Å². The first-order valence-corrected chi connectivity index (χ1v) is 7.01. The zero-order valence-electron chi connectivity index (χ0n) is 13.1. The van der Waals surface area contributed by atoms with Crippen molar-refractivity contribution in [3.05, 3.63) is 63.7 Å². The van der Waals surface area contributed by atoms with Crippen LogP contribution in [0.5, 0.6) is 11.5 Å². The van der Waals surface area contributed by atoms with E-state index in [-0.39, 0.29) is 23.8 Å². The average molecular weight is 352 g/mol. The maximum absolute atomic E-state index is 12.3. The van der Waals surface area contributed by atoms with Gasteiger partial charge in [0.1, 0.15) is 6.61 Å². The molecule has 0 saturated heterocycles. The SMILES string of the molecule is COc1cc(/C=N/OCc2cccc([N+](=O)[O-])c2)ccc1OC(F)F. The van der Waals surface area contributed by atoms with Gasteiger partial charge in [-0.2, -0.15) is 8.78 Å². The molecule has 25 heavy (non-hydrogen) atoms. The molecule has 2 aromatic rings. The summed E-state index contributed by atoms with van der Waals surface area (Å²) in [5, 5.41) is 14.4. The molecule has 0 aliphatic rings. The van der Waals surface area contributed by atoms with Crippen LogP contribution in [-0.2, 0) is 11.4 Å². The fourth-order valence-corrected chi connectivity index (χ4v) is 1.93. The minimum absolute atomic E-state index is 0.0376. The molecule has 0 aliphatic heterocycles. The highest BCUT2D eigenvalue weighted by molar-refractivity contribution is 5.80. The topological polar surface area (TPSA) is 83.2 Å². The van der Waals surface area contributed by atoms with Crippen LogP contribution in [0.4, 0.5) is 14.5 Å². The largest absolute Gasteiger partial charge is 0.493 e. The van der Waals surface area contributed by atoms with Crippen molar-refractivity contribution in [3.8, 4) is 11.5 Å². The Hall–Kier alpha value is -3.23. The van der Waals surface area contributed by atoms with E-state index in [0.717, 1.165) is 0 Å². The predicted octanol–water partition coefficient (Wildman–Crippen LogP) is 3.76. The van der Waals surface area contributed by atoms with Gasteiger partial charge in [-0.05, 0) is 23.8 Å². The zero-order chi connectivity index (χ0) is 18.2. The number of hydrogen-bond acceptors (Lipinski definition) is 6. The molecule has 0 fully saturated rings. The van der Waals surface area contributed by atoms with Crippen LogP contribution in [0.1, 0.15) is 11.1 Å². The van der Waals surface area contributed by atoms with Crippen LogP contribution in [0.25, 0.3) is 0 Å². The molecule has 0 aliphatic carbocycles. The van der Waals surface area contributed by atoms with E-state index in [1.807, 2.05) is 0 Å². The van der Waals surface area contributed by atoms with E-state index in [2.05, 4.69) is 9.89 Å². The summed E-state index contributed by atoms with van der Waals surface area (Å²) >= 11 is 0. The number of nitrogens with zero attached hydrogens (tertiary/aromatic N) is 2. The monoisotopic (exact) mass is 352 g/mol. The van der Waals surface area contributed by atoms with Crippen LogP contribution in [0.15, 0.2) is 47.6 Å². The third kappa shape index (κ3) is 5.41. The third-order valence-corrected chi connectivity index (χ3v) is 3.03. The summed E-state index contributed by atoms with van der Waals surface area (Å²) in [6.07, 6.45) is 1.35. The van der Waals surface area contributed by atoms with E-state index in [0.29, 0.717) is 11.1 Å². The standard InChI is InChI=1S/C16H14F2N2O5/c1-23-15-8-11(5-6-14(15)25-16(17)18)9-19-24-10-12-3-2-4-13(7-12)20(21)22/h2-9,16H,10H2,1H3/b19-9+. The van der Waals surface area contributed by atoms with Crippen LogP contribution in [0, 0.1) is 10.1 Å². The van der Waals surface area contributed by atoms with E-state index in [1.165, 1.54) is 43.7 Å². The second-order valence-corrected chi connectivity index (χ2v) is 4.72. The minimum atomic E-state index is -2.95. The average Bonchev–Trinajstić information content (AvgIpc) is 2.59. The van der Waals surface area contributed by atoms with Crippen LogP contribution in [-0.4, -0.2) is 24.9 Å². The van der Waals surface area contributed by atoms with E-state index in [9.17, 15) is 18.9 Å². The fourth-order valence-electron chi connectivity index (χ4n) is 1.93. The van der Waals surface area contributed by atoms with E-state index in [1.54, 1.807) is 12.1 Å². The van der Waals surface area contributed by atoms with Crippen molar-refractivity contribution < 1.29 is 28.0 Å². The van der Waals surface area contributed by atoms with Crippen molar-refractivity contribution in [1.82, 2.24) is 0 Å². The normalized spacial score (nSPS) is 10.9. The Bertz CT molecular complexity index is 768. The Kier molecular flexibility index (Phi) is 6.21. The van der Waals surface area contributed by atoms with Crippen LogP contribution in [0.2, 0.25) is 0 Å². The molecule has 0 saturated carbocycles. The van der Waals surface area contributed by atoms with Gasteiger partial charge >= 0.3 is 6.61 Å². The van der Waals surface area contributed by atoms with Gasteiger partial charge < -0.3 is 14.3 Å². The van der Waals surface area contributed by atoms with Gasteiger partial charge in [-0.1, -0.05) is 17.3 Å². The molecule has 2 aromatic carbocycles. The van der Waals surface area contributed by atoms with Crippen molar-refractivity contribution >= 4 is 11.9 Å². The summed E-state index contributed by atoms with van der Waals surface area (Å²) in [4.78, 5) is 15.3. The highest BCUT2D eigenvalue weighted by Crippen LogP contribution is 2.28. The van der Waals surface area contributed by atoms with Gasteiger partial charge in [0.2, 0.25) is 0 Å². The lowest BCUT2D eigenvalue weighted by Crippen LogP contribution is -2.03. The van der Waals surface area contributed by atoms with Gasteiger partial charge in [-0.15, -0.1) is 0 Å². The molecule has 0 amide bonds. The highest BCUT2D eigenvalue weighted by atomic mass is 19.3. The van der Waals surface area contributed by atoms with Crippen molar-refractivity contribution in [3.63, 3.8) is 0 Å². The molecule has 0 N–H and O–H groups in total. The molecule has 7 nitrogen and oxygen atoms in total. The second-order valence-electron chi connectivity index (χ2n) is 4.72. The zero-order valence-corrected chi connectivity index (χ0v) is 13.1. The van der Waals surface area contributed by atoms with E-state index in [4.69, 9.17) is 9.57 Å². The predicted molar refractivity (Wildman–Crippen MR) is 85.1 cm³/mol. The maximum Gasteiger partial charge on any atom is 0.387 e. The first-order valence-electron chi connectivity index (χ1n) is 7.01. The number of ether oxygens (including phenoxy) is 2. The summed E-state index contributed by atoms with van der Waals surface area (Å²) in [5.41, 5.74) is 1.09. The Morgan fingerprint density at radius 3 is 2.72 bits per heavy atom. The molecule has 0 unspecified atom stereocenters. The van der Waals surface area contributed by atoms with Crippen molar-refractivity contribution in [2.75, 3.05) is 7.11 Å². The number of alkyl halides is 2. The summed E-state index contributed by atoms with van der Waals surface area (Å²) < 4.78 is 33.8. The Morgan fingerprint density at radius 1 is 1.24 bits per heavy atom. The molecule has 0 aromatic heterocycles. The molecular formula is C16H14F2N2O5. The Labute approximate surface area is 141 Å². The lowest BCUT2D eigenvalue weighted by atomic mass is 10.2. The van der Waals surface area contributed by atoms with Crippen LogP contribution < -0.4 is 9.47 Å². The Morgan fingerprint density at radius 2 is 2.04 bits per heavy atom. The van der Waals surface area contributed by atoms with E-state index >= 15 is 0 Å². The summed E-state index contributed by atoms with van der Waals surface area (Å²) in [6, 6.07) is 10.3. The highest BCUT2D eigenvalue weighted by Gasteiger charge is 2.10. The lowest BCUT2D eigenvalue weighted by Gasteiger charge is -2.09. The molecule has 0 radical (unpaired) electrons. The van der Waals surface area contributed by atoms with Gasteiger partial charge in [0, 0.05) is 17.7 Å².